The van der Waals surface area contributed by atoms with Crippen LogP contribution in [0.5, 0.6) is 0 Å². The molecule has 1 aliphatic heterocycles. The van der Waals surface area contributed by atoms with Crippen molar-refractivity contribution in [1.29, 1.82) is 0 Å². The van der Waals surface area contributed by atoms with Crippen LogP contribution >= 0.6 is 0 Å². The zero-order valence-corrected chi connectivity index (χ0v) is 7.12. The number of esters is 1. The fraction of sp³-hybridized carbons (Fsp3) is 0.444. The molecule has 0 radical (unpaired) electrons. The molecular weight excluding hydrogens is 154 g/mol. The first-order valence-corrected chi connectivity index (χ1v) is 4.08. The van der Waals surface area contributed by atoms with Gasteiger partial charge in [-0.3, -0.25) is 4.79 Å². The molecule has 0 saturated heterocycles. The van der Waals surface area contributed by atoms with Gasteiger partial charge in [0.05, 0.1) is 19.1 Å². The molecule has 1 unspecified atom stereocenters. The average Bonchev–Trinajstić information content (AvgIpc) is 2.06. The van der Waals surface area contributed by atoms with Crippen LogP contribution in [0.15, 0.2) is 24.4 Å². The first-order valence-electron chi connectivity index (χ1n) is 4.08. The molecular formula is C9H13NO2. The van der Waals surface area contributed by atoms with Crippen LogP contribution < -0.4 is 5.32 Å². The Balaban J connectivity index is 2.27. The molecule has 0 bridgehead atoms. The Hall–Kier alpha value is -1.25. The summed E-state index contributed by atoms with van der Waals surface area (Å²) >= 11 is 0. The van der Waals surface area contributed by atoms with Gasteiger partial charge in [0.25, 0.3) is 0 Å². The zero-order valence-electron chi connectivity index (χ0n) is 7.12. The van der Waals surface area contributed by atoms with Crippen LogP contribution in [0, 0.1) is 0 Å². The Labute approximate surface area is 72.1 Å². The number of nitrogens with one attached hydrogen (secondary N) is 1. The van der Waals surface area contributed by atoms with Gasteiger partial charge in [-0.1, -0.05) is 12.2 Å². The standard InChI is InChI=1S/C9H13NO2/c1-2-12-9(11)7-8-5-3-4-6-10-8/h3-6,8,10H,2,7H2,1H3. The molecule has 0 spiro atoms. The van der Waals surface area contributed by atoms with Crippen LogP contribution in [0.3, 0.4) is 0 Å². The van der Waals surface area contributed by atoms with Gasteiger partial charge in [-0.25, -0.2) is 0 Å². The highest BCUT2D eigenvalue weighted by molar-refractivity contribution is 5.70. The van der Waals surface area contributed by atoms with E-state index >= 15 is 0 Å². The Morgan fingerprint density at radius 1 is 1.58 bits per heavy atom. The molecule has 3 heteroatoms. The van der Waals surface area contributed by atoms with Crippen LogP contribution in [0.2, 0.25) is 0 Å². The van der Waals surface area contributed by atoms with E-state index in [4.69, 9.17) is 4.74 Å². The third-order valence-electron chi connectivity index (χ3n) is 1.55. The van der Waals surface area contributed by atoms with Crippen LogP contribution in [-0.2, 0) is 9.53 Å². The summed E-state index contributed by atoms with van der Waals surface area (Å²) in [6.45, 7) is 2.26. The van der Waals surface area contributed by atoms with Crippen LogP contribution in [0.25, 0.3) is 0 Å². The lowest BCUT2D eigenvalue weighted by molar-refractivity contribution is -0.143. The number of allylic oxidation sites excluding steroid dienone is 2. The van der Waals surface area contributed by atoms with Crippen LogP contribution in [0.4, 0.5) is 0 Å². The number of rotatable bonds is 3. The van der Waals surface area contributed by atoms with Crippen molar-refractivity contribution in [3.8, 4) is 0 Å². The second-order valence-corrected chi connectivity index (χ2v) is 2.53. The smallest absolute Gasteiger partial charge is 0.308 e. The lowest BCUT2D eigenvalue weighted by atomic mass is 10.1. The van der Waals surface area contributed by atoms with E-state index in [1.807, 2.05) is 31.4 Å². The number of carbonyl (C=O) groups is 1. The lowest BCUT2D eigenvalue weighted by Crippen LogP contribution is -2.27. The second-order valence-electron chi connectivity index (χ2n) is 2.53. The summed E-state index contributed by atoms with van der Waals surface area (Å²) in [6, 6.07) is 0.0917. The molecule has 0 aliphatic carbocycles. The van der Waals surface area contributed by atoms with Crippen molar-refractivity contribution < 1.29 is 9.53 Å². The highest BCUT2D eigenvalue weighted by atomic mass is 16.5. The third kappa shape index (κ3) is 2.78. The van der Waals surface area contributed by atoms with Gasteiger partial charge in [-0.2, -0.15) is 0 Å². The Kier molecular flexibility index (Phi) is 3.38. The maximum atomic E-state index is 11.0. The van der Waals surface area contributed by atoms with E-state index in [2.05, 4.69) is 5.32 Å². The highest BCUT2D eigenvalue weighted by Gasteiger charge is 2.10. The minimum atomic E-state index is -0.157. The van der Waals surface area contributed by atoms with Crippen molar-refractivity contribution in [2.45, 2.75) is 19.4 Å². The fourth-order valence-electron chi connectivity index (χ4n) is 1.01. The molecule has 0 amide bonds. The normalized spacial score (nSPS) is 20.2. The summed E-state index contributed by atoms with van der Waals surface area (Å²) in [7, 11) is 0. The molecule has 0 aromatic heterocycles. The molecule has 3 nitrogen and oxygen atoms in total. The fourth-order valence-corrected chi connectivity index (χ4v) is 1.01. The lowest BCUT2D eigenvalue weighted by Gasteiger charge is -2.14. The molecule has 1 N–H and O–H groups in total. The van der Waals surface area contributed by atoms with Crippen molar-refractivity contribution >= 4 is 5.97 Å². The minimum Gasteiger partial charge on any atom is -0.466 e. The van der Waals surface area contributed by atoms with Gasteiger partial charge in [-0.05, 0) is 19.2 Å². The Morgan fingerprint density at radius 3 is 3.00 bits per heavy atom. The number of dihydropyridines is 1. The summed E-state index contributed by atoms with van der Waals surface area (Å²) in [6.07, 6.45) is 7.97. The van der Waals surface area contributed by atoms with E-state index in [0.29, 0.717) is 13.0 Å². The predicted octanol–water partition coefficient (Wildman–Crippen LogP) is 0.981. The largest absolute Gasteiger partial charge is 0.466 e. The molecule has 1 heterocycles. The third-order valence-corrected chi connectivity index (χ3v) is 1.55. The number of hydrogen-bond acceptors (Lipinski definition) is 3. The SMILES string of the molecule is CCOC(=O)CC1C=CC=CN1. The van der Waals surface area contributed by atoms with Gasteiger partial charge < -0.3 is 10.1 Å². The minimum absolute atomic E-state index is 0.0917. The Morgan fingerprint density at radius 2 is 2.42 bits per heavy atom. The quantitative estimate of drug-likeness (QED) is 0.637. The number of carbonyl (C=O) groups excluding carboxylic acids is 1. The summed E-state index contributed by atoms with van der Waals surface area (Å²) in [4.78, 5) is 11.0. The van der Waals surface area contributed by atoms with Crippen molar-refractivity contribution in [3.63, 3.8) is 0 Å². The predicted molar refractivity (Wildman–Crippen MR) is 46.5 cm³/mol. The molecule has 0 fully saturated rings. The average molecular weight is 167 g/mol. The first-order chi connectivity index (χ1) is 5.83. The van der Waals surface area contributed by atoms with Gasteiger partial charge in [0.15, 0.2) is 0 Å². The van der Waals surface area contributed by atoms with Crippen LogP contribution in [-0.4, -0.2) is 18.6 Å². The topological polar surface area (TPSA) is 38.3 Å². The summed E-state index contributed by atoms with van der Waals surface area (Å²) in [5.74, 6) is -0.157. The number of hydrogen-bond donors (Lipinski definition) is 1. The van der Waals surface area contributed by atoms with Crippen molar-refractivity contribution in [2.24, 2.45) is 0 Å². The molecule has 1 atom stereocenters. The Bertz CT molecular complexity index is 209. The van der Waals surface area contributed by atoms with Crippen molar-refractivity contribution in [2.75, 3.05) is 6.61 Å². The van der Waals surface area contributed by atoms with E-state index in [1.165, 1.54) is 0 Å². The summed E-state index contributed by atoms with van der Waals surface area (Å²) in [5, 5.41) is 3.04. The zero-order chi connectivity index (χ0) is 8.81. The second kappa shape index (κ2) is 4.59. The van der Waals surface area contributed by atoms with E-state index < -0.39 is 0 Å². The number of ether oxygens (including phenoxy) is 1. The van der Waals surface area contributed by atoms with E-state index in [-0.39, 0.29) is 12.0 Å². The molecule has 1 rings (SSSR count). The van der Waals surface area contributed by atoms with E-state index in [0.717, 1.165) is 0 Å². The van der Waals surface area contributed by atoms with Gasteiger partial charge in [0.1, 0.15) is 0 Å². The van der Waals surface area contributed by atoms with E-state index in [9.17, 15) is 4.79 Å². The molecule has 0 aromatic carbocycles. The molecule has 12 heavy (non-hydrogen) atoms. The van der Waals surface area contributed by atoms with Crippen molar-refractivity contribution in [3.05, 3.63) is 24.4 Å². The van der Waals surface area contributed by atoms with E-state index in [1.54, 1.807) is 0 Å². The van der Waals surface area contributed by atoms with Gasteiger partial charge in [0.2, 0.25) is 0 Å². The maximum absolute atomic E-state index is 11.0. The van der Waals surface area contributed by atoms with Crippen LogP contribution in [0.1, 0.15) is 13.3 Å². The maximum Gasteiger partial charge on any atom is 0.308 e. The first kappa shape index (κ1) is 8.84. The van der Waals surface area contributed by atoms with Gasteiger partial charge >= 0.3 is 5.97 Å². The molecule has 0 saturated carbocycles. The van der Waals surface area contributed by atoms with Crippen molar-refractivity contribution in [1.82, 2.24) is 5.32 Å². The monoisotopic (exact) mass is 167 g/mol. The van der Waals surface area contributed by atoms with Gasteiger partial charge in [-0.15, -0.1) is 0 Å². The summed E-state index contributed by atoms with van der Waals surface area (Å²) < 4.78 is 4.81. The molecule has 66 valence electrons. The molecule has 0 aromatic rings. The molecule has 1 aliphatic rings. The summed E-state index contributed by atoms with van der Waals surface area (Å²) in [5.41, 5.74) is 0. The van der Waals surface area contributed by atoms with Gasteiger partial charge in [0, 0.05) is 0 Å². The highest BCUT2D eigenvalue weighted by Crippen LogP contribution is 2.00.